The molecule has 4 heterocycles. The first kappa shape index (κ1) is 24.3. The van der Waals surface area contributed by atoms with Crippen molar-refractivity contribution in [3.63, 3.8) is 0 Å². The highest BCUT2D eigenvalue weighted by atomic mass is 16.2. The molecule has 2 aromatic carbocycles. The summed E-state index contributed by atoms with van der Waals surface area (Å²) < 4.78 is 0. The average Bonchev–Trinajstić information content (AvgIpc) is 3.51. The molecule has 4 aromatic rings. The van der Waals surface area contributed by atoms with Crippen molar-refractivity contribution in [2.75, 3.05) is 13.1 Å². The van der Waals surface area contributed by atoms with Gasteiger partial charge in [-0.2, -0.15) is 0 Å². The van der Waals surface area contributed by atoms with E-state index in [1.807, 2.05) is 91.2 Å². The van der Waals surface area contributed by atoms with Crippen LogP contribution < -0.4 is 5.32 Å². The largest absolute Gasteiger partial charge is 0.351 e. The number of aromatic amines is 2. The zero-order chi connectivity index (χ0) is 26.6. The highest BCUT2D eigenvalue weighted by molar-refractivity contribution is 6.01. The van der Waals surface area contributed by atoms with Gasteiger partial charge in [-0.05, 0) is 42.5 Å². The second-order valence-electron chi connectivity index (χ2n) is 11.6. The molecule has 2 aliphatic rings. The van der Waals surface area contributed by atoms with Gasteiger partial charge in [-0.1, -0.05) is 57.2 Å². The zero-order valence-corrected chi connectivity index (χ0v) is 22.0. The van der Waals surface area contributed by atoms with E-state index in [9.17, 15) is 14.4 Å². The molecule has 0 unspecified atom stereocenters. The first-order chi connectivity index (χ1) is 18.2. The third kappa shape index (κ3) is 4.14. The van der Waals surface area contributed by atoms with Gasteiger partial charge in [0.1, 0.15) is 17.4 Å². The van der Waals surface area contributed by atoms with Crippen LogP contribution in [0.2, 0.25) is 0 Å². The molecule has 2 aromatic heterocycles. The third-order valence-electron chi connectivity index (χ3n) is 7.99. The van der Waals surface area contributed by atoms with E-state index in [-0.39, 0.29) is 29.8 Å². The van der Waals surface area contributed by atoms with Crippen LogP contribution in [0.3, 0.4) is 0 Å². The van der Waals surface area contributed by atoms with Crippen molar-refractivity contribution in [3.8, 4) is 0 Å². The van der Waals surface area contributed by atoms with Crippen molar-refractivity contribution >= 4 is 39.5 Å². The number of hydrogen-bond acceptors (Lipinski definition) is 3. The Labute approximate surface area is 221 Å². The molecule has 8 nitrogen and oxygen atoms in total. The Morgan fingerprint density at radius 3 is 2.11 bits per heavy atom. The molecule has 0 radical (unpaired) electrons. The van der Waals surface area contributed by atoms with Gasteiger partial charge in [-0.15, -0.1) is 0 Å². The van der Waals surface area contributed by atoms with Gasteiger partial charge in [0.25, 0.3) is 11.8 Å². The Kier molecular flexibility index (Phi) is 5.78. The molecule has 2 fully saturated rings. The lowest BCUT2D eigenvalue weighted by Gasteiger charge is -2.56. The van der Waals surface area contributed by atoms with Crippen LogP contribution in [0, 0.1) is 5.41 Å². The first-order valence-electron chi connectivity index (χ1n) is 13.3. The number of fused-ring (bicyclic) bond motifs is 3. The SMILES string of the molecule is CC(C)(C)[C@H](NC(=O)c1cc2ccccc2[nH]1)C(=O)N1C[C@@H]2[C@@H]1CCCN2C(=O)c1cc2ccccc2[nH]1. The smallest absolute Gasteiger partial charge is 0.270 e. The summed E-state index contributed by atoms with van der Waals surface area (Å²) in [6, 6.07) is 18.5. The number of piperidine rings is 1. The highest BCUT2D eigenvalue weighted by Crippen LogP contribution is 2.35. The average molecular weight is 512 g/mol. The second-order valence-corrected chi connectivity index (χ2v) is 11.6. The molecule has 0 bridgehead atoms. The van der Waals surface area contributed by atoms with Gasteiger partial charge >= 0.3 is 0 Å². The van der Waals surface area contributed by atoms with Gasteiger partial charge < -0.3 is 25.1 Å². The molecular formula is C30H33N5O3. The number of rotatable bonds is 4. The quantitative estimate of drug-likeness (QED) is 0.381. The summed E-state index contributed by atoms with van der Waals surface area (Å²) in [5.41, 5.74) is 2.34. The Morgan fingerprint density at radius 2 is 1.47 bits per heavy atom. The van der Waals surface area contributed by atoms with Crippen LogP contribution in [0.1, 0.15) is 54.6 Å². The standard InChI is InChI=1S/C30H33N5O3/c1-30(2,3)26(33-27(36)22-15-18-9-4-6-11-20(18)31-22)29(38)35-17-25-24(35)13-8-14-34(25)28(37)23-16-19-10-5-7-12-21(19)32-23/h4-7,9-12,15-16,24-26,31-32H,8,13-14,17H2,1-3H3,(H,33,36)/t24-,25+,26+/m0/s1. The van der Waals surface area contributed by atoms with E-state index in [1.54, 1.807) is 0 Å². The van der Waals surface area contributed by atoms with Crippen LogP contribution in [0.15, 0.2) is 60.7 Å². The fourth-order valence-electron chi connectivity index (χ4n) is 5.89. The summed E-state index contributed by atoms with van der Waals surface area (Å²) >= 11 is 0. The van der Waals surface area contributed by atoms with Gasteiger partial charge in [0.05, 0.1) is 12.1 Å². The Balaban J connectivity index is 1.18. The summed E-state index contributed by atoms with van der Waals surface area (Å²) in [5, 5.41) is 4.96. The molecule has 3 atom stereocenters. The number of likely N-dealkylation sites (tertiary alicyclic amines) is 2. The van der Waals surface area contributed by atoms with Gasteiger partial charge in [-0.3, -0.25) is 14.4 Å². The monoisotopic (exact) mass is 511 g/mol. The van der Waals surface area contributed by atoms with Gasteiger partial charge in [0.15, 0.2) is 0 Å². The molecule has 2 saturated heterocycles. The number of para-hydroxylation sites is 2. The molecule has 38 heavy (non-hydrogen) atoms. The van der Waals surface area contributed by atoms with Crippen LogP contribution >= 0.6 is 0 Å². The fraction of sp³-hybridized carbons (Fsp3) is 0.367. The van der Waals surface area contributed by atoms with Gasteiger partial charge in [0.2, 0.25) is 5.91 Å². The van der Waals surface area contributed by atoms with Crippen molar-refractivity contribution in [1.29, 1.82) is 0 Å². The second kappa shape index (κ2) is 9.04. The lowest BCUT2D eigenvalue weighted by Crippen LogP contribution is -2.73. The van der Waals surface area contributed by atoms with E-state index in [1.165, 1.54) is 0 Å². The van der Waals surface area contributed by atoms with Crippen LogP contribution in [-0.2, 0) is 4.79 Å². The number of amides is 3. The van der Waals surface area contributed by atoms with Crippen molar-refractivity contribution in [1.82, 2.24) is 25.1 Å². The molecule has 6 rings (SSSR count). The van der Waals surface area contributed by atoms with Crippen molar-refractivity contribution < 1.29 is 14.4 Å². The highest BCUT2D eigenvalue weighted by Gasteiger charge is 2.51. The number of carbonyl (C=O) groups excluding carboxylic acids is 3. The van der Waals surface area contributed by atoms with E-state index in [0.29, 0.717) is 24.5 Å². The molecule has 196 valence electrons. The molecule has 0 aliphatic carbocycles. The van der Waals surface area contributed by atoms with Crippen LogP contribution in [0.5, 0.6) is 0 Å². The van der Waals surface area contributed by atoms with Crippen LogP contribution in [-0.4, -0.2) is 68.7 Å². The normalized spacial score (nSPS) is 20.2. The predicted molar refractivity (Wildman–Crippen MR) is 147 cm³/mol. The van der Waals surface area contributed by atoms with E-state index >= 15 is 0 Å². The molecule has 0 spiro atoms. The Hall–Kier alpha value is -4.07. The zero-order valence-electron chi connectivity index (χ0n) is 22.0. The van der Waals surface area contributed by atoms with E-state index in [0.717, 1.165) is 34.6 Å². The Bertz CT molecular complexity index is 1480. The predicted octanol–water partition coefficient (Wildman–Crippen LogP) is 4.31. The topological polar surface area (TPSA) is 101 Å². The Morgan fingerprint density at radius 1 is 0.868 bits per heavy atom. The fourth-order valence-corrected chi connectivity index (χ4v) is 5.89. The number of hydrogen-bond donors (Lipinski definition) is 3. The molecule has 0 saturated carbocycles. The minimum absolute atomic E-state index is 0.0170. The number of H-pyrrole nitrogens is 2. The summed E-state index contributed by atoms with van der Waals surface area (Å²) in [7, 11) is 0. The van der Waals surface area contributed by atoms with Crippen LogP contribution in [0.25, 0.3) is 21.8 Å². The molecule has 3 N–H and O–H groups in total. The number of nitrogens with one attached hydrogen (secondary N) is 3. The summed E-state index contributed by atoms with van der Waals surface area (Å²) in [6.07, 6.45) is 1.68. The number of aromatic nitrogens is 2. The maximum absolute atomic E-state index is 13.8. The third-order valence-corrected chi connectivity index (χ3v) is 7.99. The minimum atomic E-state index is -0.692. The first-order valence-corrected chi connectivity index (χ1v) is 13.3. The van der Waals surface area contributed by atoms with E-state index < -0.39 is 11.5 Å². The van der Waals surface area contributed by atoms with Crippen molar-refractivity contribution in [2.45, 2.75) is 51.7 Å². The lowest BCUT2D eigenvalue weighted by molar-refractivity contribution is -0.152. The van der Waals surface area contributed by atoms with Crippen LogP contribution in [0.4, 0.5) is 0 Å². The van der Waals surface area contributed by atoms with Crippen molar-refractivity contribution in [2.24, 2.45) is 5.41 Å². The summed E-state index contributed by atoms with van der Waals surface area (Å²) in [6.45, 7) is 7.04. The number of carbonyl (C=O) groups is 3. The van der Waals surface area contributed by atoms with Crippen molar-refractivity contribution in [3.05, 3.63) is 72.1 Å². The maximum atomic E-state index is 13.8. The molecule has 2 aliphatic heterocycles. The summed E-state index contributed by atoms with van der Waals surface area (Å²) in [5.74, 6) is -0.420. The lowest BCUT2D eigenvalue weighted by atomic mass is 9.81. The molecule has 8 heteroatoms. The number of nitrogens with zero attached hydrogens (tertiary/aromatic N) is 2. The molecule has 3 amide bonds. The van der Waals surface area contributed by atoms with E-state index in [2.05, 4.69) is 15.3 Å². The molecular weight excluding hydrogens is 478 g/mol. The van der Waals surface area contributed by atoms with Gasteiger partial charge in [-0.25, -0.2) is 0 Å². The minimum Gasteiger partial charge on any atom is -0.351 e. The number of benzene rings is 2. The van der Waals surface area contributed by atoms with Gasteiger partial charge in [0, 0.05) is 34.9 Å². The summed E-state index contributed by atoms with van der Waals surface area (Å²) in [4.78, 5) is 50.6. The van der Waals surface area contributed by atoms with E-state index in [4.69, 9.17) is 0 Å². The maximum Gasteiger partial charge on any atom is 0.270 e.